The van der Waals surface area contributed by atoms with E-state index in [2.05, 4.69) is 12.2 Å². The molecule has 4 heteroatoms. The maximum absolute atomic E-state index is 13.2. The van der Waals surface area contributed by atoms with Crippen molar-refractivity contribution in [1.29, 1.82) is 0 Å². The molecular weight excluding hydrogens is 212 g/mol. The lowest BCUT2D eigenvalue weighted by atomic mass is 10.2. The fourth-order valence-electron chi connectivity index (χ4n) is 1.35. The third-order valence-electron chi connectivity index (χ3n) is 2.24. The summed E-state index contributed by atoms with van der Waals surface area (Å²) < 4.78 is 25.8. The van der Waals surface area contributed by atoms with Crippen molar-refractivity contribution in [3.8, 4) is 0 Å². The van der Waals surface area contributed by atoms with Gasteiger partial charge in [-0.25, -0.2) is 8.78 Å². The molecule has 0 saturated carbocycles. The Morgan fingerprint density at radius 3 is 2.69 bits per heavy atom. The van der Waals surface area contributed by atoms with Gasteiger partial charge < -0.3 is 5.32 Å². The van der Waals surface area contributed by atoms with Gasteiger partial charge in [-0.05, 0) is 18.6 Å². The molecule has 0 aliphatic rings. The molecule has 0 aliphatic heterocycles. The standard InChI is InChI=1S/C12H15F2NO/c1-2-3-4-7-15-12(16)10-6-5-9(13)8-11(10)14/h5-6,8H,2-4,7H2,1H3,(H,15,16). The number of benzene rings is 1. The van der Waals surface area contributed by atoms with Crippen molar-refractivity contribution < 1.29 is 13.6 Å². The highest BCUT2D eigenvalue weighted by atomic mass is 19.1. The fraction of sp³-hybridized carbons (Fsp3) is 0.417. The van der Waals surface area contributed by atoms with Crippen LogP contribution in [0.3, 0.4) is 0 Å². The molecule has 0 unspecified atom stereocenters. The molecule has 16 heavy (non-hydrogen) atoms. The summed E-state index contributed by atoms with van der Waals surface area (Å²) in [4.78, 5) is 11.5. The molecule has 88 valence electrons. The van der Waals surface area contributed by atoms with E-state index in [1.54, 1.807) is 0 Å². The second-order valence-electron chi connectivity index (χ2n) is 3.59. The van der Waals surface area contributed by atoms with Crippen LogP contribution < -0.4 is 5.32 Å². The minimum Gasteiger partial charge on any atom is -0.352 e. The molecule has 1 N–H and O–H groups in total. The Hall–Kier alpha value is -1.45. The average Bonchev–Trinajstić information content (AvgIpc) is 2.24. The van der Waals surface area contributed by atoms with Crippen LogP contribution in [0.25, 0.3) is 0 Å². The van der Waals surface area contributed by atoms with Gasteiger partial charge in [0.2, 0.25) is 0 Å². The monoisotopic (exact) mass is 227 g/mol. The molecule has 1 aromatic rings. The topological polar surface area (TPSA) is 29.1 Å². The molecule has 0 fully saturated rings. The van der Waals surface area contributed by atoms with Crippen LogP contribution in [0.5, 0.6) is 0 Å². The third-order valence-corrected chi connectivity index (χ3v) is 2.24. The van der Waals surface area contributed by atoms with Crippen molar-refractivity contribution in [3.05, 3.63) is 35.4 Å². The molecule has 0 radical (unpaired) electrons. The van der Waals surface area contributed by atoms with Crippen LogP contribution in [0.4, 0.5) is 8.78 Å². The summed E-state index contributed by atoms with van der Waals surface area (Å²) in [6.45, 7) is 2.57. The summed E-state index contributed by atoms with van der Waals surface area (Å²) in [7, 11) is 0. The first-order valence-corrected chi connectivity index (χ1v) is 5.38. The number of hydrogen-bond acceptors (Lipinski definition) is 1. The first-order valence-electron chi connectivity index (χ1n) is 5.38. The Morgan fingerprint density at radius 1 is 1.31 bits per heavy atom. The van der Waals surface area contributed by atoms with Crippen molar-refractivity contribution in [2.24, 2.45) is 0 Å². The first-order chi connectivity index (χ1) is 7.65. The van der Waals surface area contributed by atoms with Crippen molar-refractivity contribution in [3.63, 3.8) is 0 Å². The van der Waals surface area contributed by atoms with E-state index in [1.165, 1.54) is 0 Å². The van der Waals surface area contributed by atoms with Crippen LogP contribution in [0, 0.1) is 11.6 Å². The van der Waals surface area contributed by atoms with E-state index < -0.39 is 17.5 Å². The predicted octanol–water partition coefficient (Wildman–Crippen LogP) is 2.88. The molecule has 0 aromatic heterocycles. The predicted molar refractivity (Wildman–Crippen MR) is 58.2 cm³/mol. The Bertz CT molecular complexity index is 366. The Kier molecular flexibility index (Phi) is 4.89. The van der Waals surface area contributed by atoms with Crippen molar-refractivity contribution in [1.82, 2.24) is 5.32 Å². The zero-order valence-electron chi connectivity index (χ0n) is 9.22. The van der Waals surface area contributed by atoms with Gasteiger partial charge in [-0.2, -0.15) is 0 Å². The lowest BCUT2D eigenvalue weighted by Gasteiger charge is -2.05. The molecule has 1 amide bonds. The highest BCUT2D eigenvalue weighted by molar-refractivity contribution is 5.94. The highest BCUT2D eigenvalue weighted by Crippen LogP contribution is 2.09. The lowest BCUT2D eigenvalue weighted by molar-refractivity contribution is 0.0949. The van der Waals surface area contributed by atoms with Gasteiger partial charge >= 0.3 is 0 Å². The van der Waals surface area contributed by atoms with Gasteiger partial charge in [-0.15, -0.1) is 0 Å². The van der Waals surface area contributed by atoms with E-state index in [1.807, 2.05) is 0 Å². The zero-order valence-corrected chi connectivity index (χ0v) is 9.22. The van der Waals surface area contributed by atoms with Crippen molar-refractivity contribution in [2.45, 2.75) is 26.2 Å². The number of unbranched alkanes of at least 4 members (excludes halogenated alkanes) is 2. The smallest absolute Gasteiger partial charge is 0.254 e. The number of carbonyl (C=O) groups is 1. The van der Waals surface area contributed by atoms with Crippen LogP contribution in [0.15, 0.2) is 18.2 Å². The van der Waals surface area contributed by atoms with E-state index in [0.29, 0.717) is 12.6 Å². The number of nitrogens with one attached hydrogen (secondary N) is 1. The summed E-state index contributed by atoms with van der Waals surface area (Å²) in [5, 5.41) is 2.59. The van der Waals surface area contributed by atoms with Crippen LogP contribution in [-0.4, -0.2) is 12.5 Å². The van der Waals surface area contributed by atoms with Gasteiger partial charge in [-0.3, -0.25) is 4.79 Å². The van der Waals surface area contributed by atoms with Crippen LogP contribution >= 0.6 is 0 Å². The molecule has 0 aliphatic carbocycles. The summed E-state index contributed by atoms with van der Waals surface area (Å²) in [6, 6.07) is 2.94. The number of carbonyl (C=O) groups excluding carboxylic acids is 1. The minimum atomic E-state index is -0.826. The normalized spacial score (nSPS) is 10.2. The molecule has 0 bridgehead atoms. The van der Waals surface area contributed by atoms with Crippen LogP contribution in [0.1, 0.15) is 36.5 Å². The maximum atomic E-state index is 13.2. The van der Waals surface area contributed by atoms with Gasteiger partial charge in [0.25, 0.3) is 5.91 Å². The highest BCUT2D eigenvalue weighted by Gasteiger charge is 2.11. The Balaban J connectivity index is 2.53. The SMILES string of the molecule is CCCCCNC(=O)c1ccc(F)cc1F. The van der Waals surface area contributed by atoms with Gasteiger partial charge in [0, 0.05) is 12.6 Å². The number of amides is 1. The minimum absolute atomic E-state index is 0.113. The van der Waals surface area contributed by atoms with E-state index in [0.717, 1.165) is 31.4 Å². The molecule has 1 aromatic carbocycles. The molecule has 2 nitrogen and oxygen atoms in total. The Morgan fingerprint density at radius 2 is 2.06 bits per heavy atom. The van der Waals surface area contributed by atoms with Gasteiger partial charge in [0.05, 0.1) is 5.56 Å². The molecule has 0 saturated heterocycles. The quantitative estimate of drug-likeness (QED) is 0.770. The summed E-state index contributed by atoms with van der Waals surface area (Å²) in [5.74, 6) is -2.00. The van der Waals surface area contributed by atoms with E-state index in [9.17, 15) is 13.6 Å². The lowest BCUT2D eigenvalue weighted by Crippen LogP contribution is -2.25. The molecule has 0 spiro atoms. The second kappa shape index (κ2) is 6.20. The zero-order chi connectivity index (χ0) is 12.0. The third kappa shape index (κ3) is 3.61. The van der Waals surface area contributed by atoms with Crippen molar-refractivity contribution in [2.75, 3.05) is 6.54 Å². The maximum Gasteiger partial charge on any atom is 0.254 e. The summed E-state index contributed by atoms with van der Waals surface area (Å²) in [6.07, 6.45) is 2.94. The molecule has 0 heterocycles. The second-order valence-corrected chi connectivity index (χ2v) is 3.59. The van der Waals surface area contributed by atoms with Gasteiger partial charge in [0.1, 0.15) is 11.6 Å². The largest absolute Gasteiger partial charge is 0.352 e. The van der Waals surface area contributed by atoms with Crippen LogP contribution in [-0.2, 0) is 0 Å². The van der Waals surface area contributed by atoms with Gasteiger partial charge in [0.15, 0.2) is 0 Å². The number of rotatable bonds is 5. The summed E-state index contributed by atoms with van der Waals surface area (Å²) in [5.41, 5.74) is -0.113. The Labute approximate surface area is 93.7 Å². The van der Waals surface area contributed by atoms with Gasteiger partial charge in [-0.1, -0.05) is 19.8 Å². The fourth-order valence-corrected chi connectivity index (χ4v) is 1.35. The number of hydrogen-bond donors (Lipinski definition) is 1. The first kappa shape index (κ1) is 12.6. The average molecular weight is 227 g/mol. The number of halogens is 2. The molecular formula is C12H15F2NO. The summed E-state index contributed by atoms with van der Waals surface area (Å²) >= 11 is 0. The van der Waals surface area contributed by atoms with E-state index in [4.69, 9.17) is 0 Å². The molecule has 0 atom stereocenters. The molecule has 1 rings (SSSR count). The van der Waals surface area contributed by atoms with Crippen molar-refractivity contribution >= 4 is 5.91 Å². The van der Waals surface area contributed by atoms with E-state index >= 15 is 0 Å². The van der Waals surface area contributed by atoms with Crippen LogP contribution in [0.2, 0.25) is 0 Å². The van der Waals surface area contributed by atoms with E-state index in [-0.39, 0.29) is 5.56 Å².